The van der Waals surface area contributed by atoms with Gasteiger partial charge >= 0.3 is 7.12 Å². The molecule has 0 unspecified atom stereocenters. The minimum atomic E-state index is -1.28. The van der Waals surface area contributed by atoms with Crippen LogP contribution in [0.5, 0.6) is 5.75 Å². The molecule has 0 spiro atoms. The SMILES string of the molecule is OB(O)CCOc1ccccc1. The standard InChI is InChI=1S/C8H11BO3/c10-9(11)6-7-12-8-4-2-1-3-5-8/h1-5,10-11H,6-7H2. The van der Waals surface area contributed by atoms with E-state index in [-0.39, 0.29) is 6.32 Å². The Morgan fingerprint density at radius 2 is 1.83 bits per heavy atom. The molecule has 0 amide bonds. The average molecular weight is 166 g/mol. The first-order valence-electron chi connectivity index (χ1n) is 3.83. The van der Waals surface area contributed by atoms with Crippen LogP contribution in [0.3, 0.4) is 0 Å². The Morgan fingerprint density at radius 1 is 1.17 bits per heavy atom. The zero-order chi connectivity index (χ0) is 8.81. The summed E-state index contributed by atoms with van der Waals surface area (Å²) in [6.07, 6.45) is 0.231. The maximum atomic E-state index is 8.51. The molecule has 0 saturated heterocycles. The average Bonchev–Trinajstić information content (AvgIpc) is 2.05. The van der Waals surface area contributed by atoms with Crippen molar-refractivity contribution in [1.29, 1.82) is 0 Å². The second-order valence-corrected chi connectivity index (χ2v) is 2.43. The Balaban J connectivity index is 2.25. The van der Waals surface area contributed by atoms with E-state index in [0.29, 0.717) is 6.61 Å². The van der Waals surface area contributed by atoms with Crippen molar-refractivity contribution < 1.29 is 14.8 Å². The van der Waals surface area contributed by atoms with E-state index in [1.165, 1.54) is 0 Å². The summed E-state index contributed by atoms with van der Waals surface area (Å²) in [5.74, 6) is 0.748. The van der Waals surface area contributed by atoms with E-state index < -0.39 is 7.12 Å². The molecular weight excluding hydrogens is 155 g/mol. The van der Waals surface area contributed by atoms with Crippen LogP contribution < -0.4 is 4.74 Å². The highest BCUT2D eigenvalue weighted by atomic mass is 16.5. The van der Waals surface area contributed by atoms with Crippen LogP contribution in [0.15, 0.2) is 30.3 Å². The van der Waals surface area contributed by atoms with E-state index in [9.17, 15) is 0 Å². The van der Waals surface area contributed by atoms with Crippen LogP contribution in [0, 0.1) is 0 Å². The lowest BCUT2D eigenvalue weighted by molar-refractivity contribution is 0.317. The van der Waals surface area contributed by atoms with Gasteiger partial charge in [-0.25, -0.2) is 0 Å². The van der Waals surface area contributed by atoms with Crippen molar-refractivity contribution in [2.24, 2.45) is 0 Å². The number of benzene rings is 1. The number of hydrogen-bond donors (Lipinski definition) is 2. The number of ether oxygens (including phenoxy) is 1. The molecule has 0 atom stereocenters. The fraction of sp³-hybridized carbons (Fsp3) is 0.250. The summed E-state index contributed by atoms with van der Waals surface area (Å²) >= 11 is 0. The molecular formula is C8H11BO3. The third-order valence-corrected chi connectivity index (χ3v) is 1.39. The number of rotatable bonds is 4. The number of hydrogen-bond acceptors (Lipinski definition) is 3. The molecule has 0 fully saturated rings. The lowest BCUT2D eigenvalue weighted by atomic mass is 9.87. The molecule has 0 heterocycles. The van der Waals surface area contributed by atoms with Gasteiger partial charge in [0.1, 0.15) is 5.75 Å². The van der Waals surface area contributed by atoms with Crippen molar-refractivity contribution in [2.75, 3.05) is 6.61 Å². The van der Waals surface area contributed by atoms with Crippen molar-refractivity contribution in [3.05, 3.63) is 30.3 Å². The minimum absolute atomic E-state index is 0.231. The lowest BCUT2D eigenvalue weighted by Gasteiger charge is -2.04. The molecule has 0 radical (unpaired) electrons. The fourth-order valence-electron chi connectivity index (χ4n) is 0.799. The van der Waals surface area contributed by atoms with Crippen LogP contribution in [0.4, 0.5) is 0 Å². The molecule has 3 nitrogen and oxygen atoms in total. The molecule has 1 aromatic rings. The van der Waals surface area contributed by atoms with Crippen molar-refractivity contribution >= 4 is 7.12 Å². The topological polar surface area (TPSA) is 49.7 Å². The van der Waals surface area contributed by atoms with Gasteiger partial charge in [-0.3, -0.25) is 0 Å². The maximum absolute atomic E-state index is 8.51. The van der Waals surface area contributed by atoms with Crippen molar-refractivity contribution in [3.8, 4) is 5.75 Å². The van der Waals surface area contributed by atoms with Gasteiger partial charge in [0.2, 0.25) is 0 Å². The molecule has 12 heavy (non-hydrogen) atoms. The Kier molecular flexibility index (Phi) is 3.64. The van der Waals surface area contributed by atoms with E-state index in [4.69, 9.17) is 14.8 Å². The smallest absolute Gasteiger partial charge is 0.454 e. The Hall–Kier alpha value is -0.995. The summed E-state index contributed by atoms with van der Waals surface area (Å²) in [5, 5.41) is 17.0. The predicted molar refractivity (Wildman–Crippen MR) is 46.9 cm³/mol. The summed E-state index contributed by atoms with van der Waals surface area (Å²) in [6, 6.07) is 9.27. The third kappa shape index (κ3) is 3.41. The summed E-state index contributed by atoms with van der Waals surface area (Å²) in [6.45, 7) is 0.321. The Morgan fingerprint density at radius 3 is 2.42 bits per heavy atom. The fourth-order valence-corrected chi connectivity index (χ4v) is 0.799. The van der Waals surface area contributed by atoms with Gasteiger partial charge in [-0.2, -0.15) is 0 Å². The molecule has 0 aliphatic heterocycles. The van der Waals surface area contributed by atoms with Gasteiger partial charge in [0.15, 0.2) is 0 Å². The molecule has 64 valence electrons. The first-order valence-corrected chi connectivity index (χ1v) is 3.83. The molecule has 0 aromatic heterocycles. The van der Waals surface area contributed by atoms with E-state index in [0.717, 1.165) is 5.75 Å². The molecule has 0 aliphatic rings. The molecule has 1 rings (SSSR count). The molecule has 1 aromatic carbocycles. The van der Waals surface area contributed by atoms with Gasteiger partial charge in [-0.15, -0.1) is 0 Å². The van der Waals surface area contributed by atoms with E-state index in [1.54, 1.807) is 0 Å². The van der Waals surface area contributed by atoms with Crippen molar-refractivity contribution in [3.63, 3.8) is 0 Å². The Labute approximate surface area is 71.8 Å². The first-order chi connectivity index (χ1) is 5.79. The lowest BCUT2D eigenvalue weighted by Crippen LogP contribution is -2.14. The highest BCUT2D eigenvalue weighted by molar-refractivity contribution is 6.41. The number of para-hydroxylation sites is 1. The maximum Gasteiger partial charge on any atom is 0.454 e. The molecule has 0 aliphatic carbocycles. The van der Waals surface area contributed by atoms with Gasteiger partial charge in [0.25, 0.3) is 0 Å². The second kappa shape index (κ2) is 4.80. The zero-order valence-electron chi connectivity index (χ0n) is 6.68. The summed E-state index contributed by atoms with van der Waals surface area (Å²) < 4.78 is 5.20. The highest BCUT2D eigenvalue weighted by Gasteiger charge is 2.05. The molecule has 4 heteroatoms. The van der Waals surface area contributed by atoms with E-state index in [2.05, 4.69) is 0 Å². The molecule has 2 N–H and O–H groups in total. The van der Waals surface area contributed by atoms with Crippen LogP contribution in [0.1, 0.15) is 0 Å². The quantitative estimate of drug-likeness (QED) is 0.641. The predicted octanol–water partition coefficient (Wildman–Crippen LogP) is 0.538. The van der Waals surface area contributed by atoms with Crippen LogP contribution in [0.2, 0.25) is 6.32 Å². The van der Waals surface area contributed by atoms with E-state index in [1.807, 2.05) is 30.3 Å². The third-order valence-electron chi connectivity index (χ3n) is 1.39. The van der Waals surface area contributed by atoms with Crippen LogP contribution in [-0.4, -0.2) is 23.8 Å². The van der Waals surface area contributed by atoms with Crippen molar-refractivity contribution in [1.82, 2.24) is 0 Å². The second-order valence-electron chi connectivity index (χ2n) is 2.43. The minimum Gasteiger partial charge on any atom is -0.494 e. The zero-order valence-corrected chi connectivity index (χ0v) is 6.68. The largest absolute Gasteiger partial charge is 0.494 e. The molecule has 0 bridgehead atoms. The van der Waals surface area contributed by atoms with Crippen molar-refractivity contribution in [2.45, 2.75) is 6.32 Å². The summed E-state index contributed by atoms with van der Waals surface area (Å²) in [5.41, 5.74) is 0. The summed E-state index contributed by atoms with van der Waals surface area (Å²) in [4.78, 5) is 0. The van der Waals surface area contributed by atoms with Crippen LogP contribution >= 0.6 is 0 Å². The first kappa shape index (κ1) is 9.10. The summed E-state index contributed by atoms with van der Waals surface area (Å²) in [7, 11) is -1.28. The van der Waals surface area contributed by atoms with E-state index >= 15 is 0 Å². The van der Waals surface area contributed by atoms with Crippen LogP contribution in [-0.2, 0) is 0 Å². The monoisotopic (exact) mass is 166 g/mol. The van der Waals surface area contributed by atoms with Crippen LogP contribution in [0.25, 0.3) is 0 Å². The van der Waals surface area contributed by atoms with Gasteiger partial charge in [-0.1, -0.05) is 18.2 Å². The normalized spacial score (nSPS) is 9.50. The molecule has 0 saturated carbocycles. The van der Waals surface area contributed by atoms with Gasteiger partial charge < -0.3 is 14.8 Å². The van der Waals surface area contributed by atoms with Gasteiger partial charge in [0.05, 0.1) is 6.61 Å². The van der Waals surface area contributed by atoms with Gasteiger partial charge in [0, 0.05) is 6.32 Å². The highest BCUT2D eigenvalue weighted by Crippen LogP contribution is 2.08. The van der Waals surface area contributed by atoms with Gasteiger partial charge in [-0.05, 0) is 12.1 Å². The Bertz CT molecular complexity index is 213.